The van der Waals surface area contributed by atoms with Gasteiger partial charge in [-0.3, -0.25) is 0 Å². The van der Waals surface area contributed by atoms with Gasteiger partial charge in [-0.2, -0.15) is 0 Å². The summed E-state index contributed by atoms with van der Waals surface area (Å²) in [4.78, 5) is 1.95. The summed E-state index contributed by atoms with van der Waals surface area (Å²) in [7, 11) is 1.07. The third-order valence-electron chi connectivity index (χ3n) is 2.28. The molecule has 0 aliphatic rings. The molecule has 0 atom stereocenters. The average molecular weight is 284 g/mol. The average Bonchev–Trinajstić information content (AvgIpc) is 2.61. The highest BCUT2D eigenvalue weighted by atomic mass is 35.7. The van der Waals surface area contributed by atoms with E-state index in [0.717, 1.165) is 18.3 Å². The van der Waals surface area contributed by atoms with E-state index in [0.29, 0.717) is 0 Å². The molecule has 0 fully saturated rings. The summed E-state index contributed by atoms with van der Waals surface area (Å²) in [5.74, 6) is -1.18. The highest BCUT2D eigenvalue weighted by Crippen LogP contribution is 2.31. The van der Waals surface area contributed by atoms with E-state index in [-0.39, 0.29) is 15.8 Å². The number of alkyl halides is 2. The number of rotatable bonds is 2. The lowest BCUT2D eigenvalue weighted by Crippen LogP contribution is -1.93. The summed E-state index contributed by atoms with van der Waals surface area (Å²) in [6.45, 7) is 0. The van der Waals surface area contributed by atoms with Gasteiger partial charge >= 0.3 is 0 Å². The van der Waals surface area contributed by atoms with Crippen LogP contribution < -0.4 is 0 Å². The Kier molecular flexibility index (Phi) is 2.82. The predicted molar refractivity (Wildman–Crippen MR) is 56.3 cm³/mol. The van der Waals surface area contributed by atoms with Gasteiger partial charge in [0.2, 0.25) is 0 Å². The molecule has 3 nitrogen and oxygen atoms in total. The molecule has 2 rings (SSSR count). The molecule has 0 spiro atoms. The molecule has 2 aromatic rings. The van der Waals surface area contributed by atoms with Crippen molar-refractivity contribution in [2.75, 3.05) is 0 Å². The molecule has 8 heteroatoms. The van der Waals surface area contributed by atoms with E-state index in [9.17, 15) is 21.6 Å². The molecule has 0 aliphatic carbocycles. The molecule has 0 aliphatic heterocycles. The number of hydrogen-bond acceptors (Lipinski definition) is 2. The molecule has 0 amide bonds. The van der Waals surface area contributed by atoms with Crippen LogP contribution in [0.15, 0.2) is 23.2 Å². The van der Waals surface area contributed by atoms with Crippen LogP contribution in [-0.2, 0) is 9.05 Å². The van der Waals surface area contributed by atoms with E-state index in [1.54, 1.807) is 0 Å². The molecular formula is C9H5ClF3NO2S. The van der Waals surface area contributed by atoms with E-state index >= 15 is 0 Å². The Bertz CT molecular complexity index is 681. The fourth-order valence-electron chi connectivity index (χ4n) is 1.52. The summed E-state index contributed by atoms with van der Waals surface area (Å²) < 4.78 is 60.6. The Morgan fingerprint density at radius 3 is 2.47 bits per heavy atom. The minimum absolute atomic E-state index is 0.0538. The van der Waals surface area contributed by atoms with E-state index < -0.39 is 26.9 Å². The Balaban J connectivity index is 2.80. The third kappa shape index (κ3) is 2.00. The molecule has 0 saturated heterocycles. The second-order valence-electron chi connectivity index (χ2n) is 3.28. The van der Waals surface area contributed by atoms with Gasteiger partial charge in [0.05, 0.1) is 11.1 Å². The van der Waals surface area contributed by atoms with Crippen LogP contribution in [0.4, 0.5) is 13.2 Å². The number of halogens is 4. The Morgan fingerprint density at radius 1 is 1.29 bits per heavy atom. The molecule has 0 radical (unpaired) electrons. The first-order valence-corrected chi connectivity index (χ1v) is 6.65. The predicted octanol–water partition coefficient (Wildman–Crippen LogP) is 3.17. The lowest BCUT2D eigenvalue weighted by atomic mass is 10.1. The normalized spacial score (nSPS) is 12.5. The first kappa shape index (κ1) is 12.3. The molecule has 1 N–H and O–H groups in total. The maximum Gasteiger partial charge on any atom is 0.266 e. The fourth-order valence-corrected chi connectivity index (χ4v) is 2.54. The summed E-state index contributed by atoms with van der Waals surface area (Å²) in [5.41, 5.74) is -1.10. The molecule has 92 valence electrons. The largest absolute Gasteiger partial charge is 0.357 e. The van der Waals surface area contributed by atoms with Gasteiger partial charge in [-0.15, -0.1) is 0 Å². The number of aromatic nitrogens is 1. The quantitative estimate of drug-likeness (QED) is 0.861. The van der Waals surface area contributed by atoms with E-state index in [4.69, 9.17) is 10.7 Å². The first-order valence-electron chi connectivity index (χ1n) is 4.34. The highest BCUT2D eigenvalue weighted by molar-refractivity contribution is 8.14. The lowest BCUT2D eigenvalue weighted by molar-refractivity contribution is 0.146. The van der Waals surface area contributed by atoms with Crippen molar-refractivity contribution in [1.82, 2.24) is 4.98 Å². The van der Waals surface area contributed by atoms with Gasteiger partial charge in [0, 0.05) is 22.3 Å². The van der Waals surface area contributed by atoms with Gasteiger partial charge < -0.3 is 4.98 Å². The van der Waals surface area contributed by atoms with Gasteiger partial charge in [0.15, 0.2) is 5.82 Å². The Hall–Kier alpha value is -1.21. The van der Waals surface area contributed by atoms with Crippen molar-refractivity contribution in [3.63, 3.8) is 0 Å². The summed E-state index contributed by atoms with van der Waals surface area (Å²) in [6.07, 6.45) is -2.01. The zero-order chi connectivity index (χ0) is 12.8. The minimum atomic E-state index is -4.05. The van der Waals surface area contributed by atoms with E-state index in [1.165, 1.54) is 0 Å². The lowest BCUT2D eigenvalue weighted by Gasteiger charge is -2.02. The van der Waals surface area contributed by atoms with Crippen molar-refractivity contribution in [3.05, 3.63) is 29.7 Å². The summed E-state index contributed by atoms with van der Waals surface area (Å²) in [6, 6.07) is 1.92. The van der Waals surface area contributed by atoms with Crippen molar-refractivity contribution in [2.24, 2.45) is 0 Å². The van der Waals surface area contributed by atoms with Gasteiger partial charge in [-0.25, -0.2) is 21.6 Å². The van der Waals surface area contributed by atoms with Crippen molar-refractivity contribution < 1.29 is 21.6 Å². The second kappa shape index (κ2) is 3.92. The number of fused-ring (bicyclic) bond motifs is 1. The van der Waals surface area contributed by atoms with Gasteiger partial charge in [-0.05, 0) is 6.07 Å². The van der Waals surface area contributed by atoms with Crippen LogP contribution in [-0.4, -0.2) is 13.4 Å². The molecule has 1 aromatic carbocycles. The van der Waals surface area contributed by atoms with Crippen molar-refractivity contribution in [2.45, 2.75) is 11.3 Å². The van der Waals surface area contributed by atoms with Crippen LogP contribution in [0.2, 0.25) is 0 Å². The molecule has 1 heterocycles. The fraction of sp³-hybridized carbons (Fsp3) is 0.111. The number of benzene rings is 1. The SMILES string of the molecule is O=S(=O)(Cl)c1c[nH]c2c(F)c(C(F)F)ccc12. The smallest absolute Gasteiger partial charge is 0.266 e. The standard InChI is InChI=1S/C9H5ClF3NO2S/c10-17(15,16)6-3-14-8-4(6)1-2-5(7(8)11)9(12)13/h1-3,9,14H. The molecular weight excluding hydrogens is 279 g/mol. The maximum absolute atomic E-state index is 13.6. The first-order chi connectivity index (χ1) is 7.82. The zero-order valence-electron chi connectivity index (χ0n) is 8.05. The number of aromatic amines is 1. The molecule has 0 unspecified atom stereocenters. The highest BCUT2D eigenvalue weighted by Gasteiger charge is 2.22. The molecule has 0 saturated carbocycles. The summed E-state index contributed by atoms with van der Waals surface area (Å²) >= 11 is 0. The van der Waals surface area contributed by atoms with Crippen molar-refractivity contribution in [1.29, 1.82) is 0 Å². The van der Waals surface area contributed by atoms with Crippen LogP contribution >= 0.6 is 10.7 Å². The molecule has 1 aromatic heterocycles. The van der Waals surface area contributed by atoms with Crippen LogP contribution in [0.3, 0.4) is 0 Å². The zero-order valence-corrected chi connectivity index (χ0v) is 9.62. The third-order valence-corrected chi connectivity index (χ3v) is 3.64. The van der Waals surface area contributed by atoms with Crippen LogP contribution in [0, 0.1) is 5.82 Å². The van der Waals surface area contributed by atoms with Crippen molar-refractivity contribution in [3.8, 4) is 0 Å². The summed E-state index contributed by atoms with van der Waals surface area (Å²) in [5, 5.41) is -0.0538. The van der Waals surface area contributed by atoms with Crippen LogP contribution in [0.1, 0.15) is 12.0 Å². The number of H-pyrrole nitrogens is 1. The van der Waals surface area contributed by atoms with Crippen LogP contribution in [0.25, 0.3) is 10.9 Å². The maximum atomic E-state index is 13.6. The minimum Gasteiger partial charge on any atom is -0.357 e. The van der Waals surface area contributed by atoms with Gasteiger partial charge in [-0.1, -0.05) is 6.07 Å². The number of hydrogen-bond donors (Lipinski definition) is 1. The second-order valence-corrected chi connectivity index (χ2v) is 5.82. The van der Waals surface area contributed by atoms with Crippen LogP contribution in [0.5, 0.6) is 0 Å². The van der Waals surface area contributed by atoms with E-state index in [2.05, 4.69) is 4.98 Å². The Labute approximate surface area is 98.6 Å². The number of nitrogens with one attached hydrogen (secondary N) is 1. The van der Waals surface area contributed by atoms with Gasteiger partial charge in [0.1, 0.15) is 4.90 Å². The topological polar surface area (TPSA) is 49.9 Å². The monoisotopic (exact) mass is 283 g/mol. The van der Waals surface area contributed by atoms with Crippen molar-refractivity contribution >= 4 is 30.6 Å². The Morgan fingerprint density at radius 2 is 1.94 bits per heavy atom. The molecule has 0 bridgehead atoms. The van der Waals surface area contributed by atoms with E-state index in [1.807, 2.05) is 0 Å². The molecule has 17 heavy (non-hydrogen) atoms. The van der Waals surface area contributed by atoms with Gasteiger partial charge in [0.25, 0.3) is 15.5 Å².